The van der Waals surface area contributed by atoms with Gasteiger partial charge in [0.15, 0.2) is 0 Å². The molecule has 2 aromatic rings. The van der Waals surface area contributed by atoms with Crippen molar-refractivity contribution < 1.29 is 13.2 Å². The van der Waals surface area contributed by atoms with Crippen molar-refractivity contribution in [3.05, 3.63) is 40.4 Å². The van der Waals surface area contributed by atoms with Crippen LogP contribution in [0.2, 0.25) is 5.02 Å². The third kappa shape index (κ3) is 2.96. The molecule has 20 heavy (non-hydrogen) atoms. The topological polar surface area (TPSA) is 43.1 Å². The molecular formula is C11H8ClF3N4S. The molecule has 0 fully saturated rings. The van der Waals surface area contributed by atoms with Gasteiger partial charge in [0.05, 0.1) is 11.2 Å². The fourth-order valence-electron chi connectivity index (χ4n) is 1.40. The molecule has 0 aliphatic carbocycles. The van der Waals surface area contributed by atoms with Gasteiger partial charge in [-0.15, -0.1) is 10.2 Å². The number of hydrogen-bond acceptors (Lipinski definition) is 4. The summed E-state index contributed by atoms with van der Waals surface area (Å²) in [6.45, 7) is 0. The van der Waals surface area contributed by atoms with Crippen molar-refractivity contribution in [2.45, 2.75) is 11.6 Å². The van der Waals surface area contributed by atoms with Crippen molar-refractivity contribution in [2.75, 3.05) is 6.26 Å². The van der Waals surface area contributed by atoms with Crippen molar-refractivity contribution in [2.24, 2.45) is 5.10 Å². The van der Waals surface area contributed by atoms with Gasteiger partial charge in [-0.2, -0.15) is 9.78 Å². The average Bonchev–Trinajstić information content (AvgIpc) is 2.81. The standard InChI is InChI=1S/C11H8ClF3N4S/c1-20-11-18-17-10(9(14)15)19(11)16-5-6-7(12)3-2-4-8(6)13/h2-5,9H,1H3. The van der Waals surface area contributed by atoms with E-state index in [0.717, 1.165) is 22.7 Å². The SMILES string of the molecule is CSc1nnc(C(F)F)n1N=Cc1c(F)cccc1Cl. The quantitative estimate of drug-likeness (QED) is 0.638. The van der Waals surface area contributed by atoms with E-state index < -0.39 is 18.1 Å². The Bertz CT molecular complexity index is 624. The third-order valence-electron chi connectivity index (χ3n) is 2.32. The molecule has 2 rings (SSSR count). The Kier molecular flexibility index (Phi) is 4.66. The van der Waals surface area contributed by atoms with E-state index in [2.05, 4.69) is 15.3 Å². The highest BCUT2D eigenvalue weighted by molar-refractivity contribution is 7.98. The molecule has 1 aromatic carbocycles. The molecule has 1 aromatic heterocycles. The molecule has 106 valence electrons. The maximum atomic E-state index is 13.6. The lowest BCUT2D eigenvalue weighted by atomic mass is 10.2. The van der Waals surface area contributed by atoms with Crippen molar-refractivity contribution in [3.8, 4) is 0 Å². The zero-order chi connectivity index (χ0) is 14.7. The minimum atomic E-state index is -2.84. The Morgan fingerprint density at radius 2 is 2.15 bits per heavy atom. The summed E-state index contributed by atoms with van der Waals surface area (Å²) in [5.74, 6) is -1.21. The molecule has 0 spiro atoms. The Hall–Kier alpha value is -1.54. The Labute approximate surface area is 121 Å². The van der Waals surface area contributed by atoms with E-state index in [1.165, 1.54) is 18.2 Å². The van der Waals surface area contributed by atoms with Crippen LogP contribution in [-0.2, 0) is 0 Å². The Balaban J connectivity index is 2.43. The van der Waals surface area contributed by atoms with Crippen molar-refractivity contribution in [3.63, 3.8) is 0 Å². The van der Waals surface area contributed by atoms with E-state index in [9.17, 15) is 13.2 Å². The van der Waals surface area contributed by atoms with Gasteiger partial charge in [0.1, 0.15) is 5.82 Å². The molecule has 9 heteroatoms. The van der Waals surface area contributed by atoms with E-state index in [1.54, 1.807) is 6.26 Å². The molecule has 1 heterocycles. The van der Waals surface area contributed by atoms with Crippen LogP contribution in [0.15, 0.2) is 28.5 Å². The van der Waals surface area contributed by atoms with E-state index >= 15 is 0 Å². The summed E-state index contributed by atoms with van der Waals surface area (Å²) in [6, 6.07) is 4.11. The van der Waals surface area contributed by atoms with Gasteiger partial charge in [0, 0.05) is 5.56 Å². The van der Waals surface area contributed by atoms with E-state index in [4.69, 9.17) is 11.6 Å². The van der Waals surface area contributed by atoms with Gasteiger partial charge in [-0.05, 0) is 18.4 Å². The molecular weight excluding hydrogens is 313 g/mol. The second-order valence-electron chi connectivity index (χ2n) is 3.54. The fourth-order valence-corrected chi connectivity index (χ4v) is 2.05. The summed E-state index contributed by atoms with van der Waals surface area (Å²) >= 11 is 6.91. The van der Waals surface area contributed by atoms with E-state index in [0.29, 0.717) is 0 Å². The zero-order valence-corrected chi connectivity index (χ0v) is 11.7. The van der Waals surface area contributed by atoms with Crippen LogP contribution in [-0.4, -0.2) is 27.3 Å². The maximum Gasteiger partial charge on any atom is 0.299 e. The first-order chi connectivity index (χ1) is 9.54. The highest BCUT2D eigenvalue weighted by Gasteiger charge is 2.19. The second kappa shape index (κ2) is 6.27. The minimum Gasteiger partial charge on any atom is -0.206 e. The first-order valence-electron chi connectivity index (χ1n) is 5.30. The number of thioether (sulfide) groups is 1. The zero-order valence-electron chi connectivity index (χ0n) is 10.1. The van der Waals surface area contributed by atoms with Gasteiger partial charge in [-0.25, -0.2) is 13.2 Å². The highest BCUT2D eigenvalue weighted by Crippen LogP contribution is 2.22. The van der Waals surface area contributed by atoms with Crippen molar-refractivity contribution >= 4 is 29.6 Å². The molecule has 0 saturated carbocycles. The van der Waals surface area contributed by atoms with Gasteiger partial charge >= 0.3 is 0 Å². The van der Waals surface area contributed by atoms with Crippen LogP contribution in [0, 0.1) is 5.82 Å². The smallest absolute Gasteiger partial charge is 0.206 e. The van der Waals surface area contributed by atoms with Crippen LogP contribution in [0.5, 0.6) is 0 Å². The predicted octanol–water partition coefficient (Wildman–Crippen LogP) is 3.61. The first kappa shape index (κ1) is 14.9. The van der Waals surface area contributed by atoms with E-state index in [-0.39, 0.29) is 15.7 Å². The molecule has 0 aliphatic rings. The first-order valence-corrected chi connectivity index (χ1v) is 6.90. The molecule has 4 nitrogen and oxygen atoms in total. The van der Waals surface area contributed by atoms with Gasteiger partial charge < -0.3 is 0 Å². The molecule has 0 saturated heterocycles. The maximum absolute atomic E-state index is 13.6. The molecule has 0 radical (unpaired) electrons. The number of halogens is 4. The lowest BCUT2D eigenvalue weighted by molar-refractivity contribution is 0.135. The van der Waals surface area contributed by atoms with Crippen LogP contribution in [0.3, 0.4) is 0 Å². The van der Waals surface area contributed by atoms with Crippen molar-refractivity contribution in [1.82, 2.24) is 14.9 Å². The summed E-state index contributed by atoms with van der Waals surface area (Å²) in [4.78, 5) is 0. The van der Waals surface area contributed by atoms with Crippen molar-refractivity contribution in [1.29, 1.82) is 0 Å². The molecule has 0 amide bonds. The Morgan fingerprint density at radius 1 is 1.40 bits per heavy atom. The third-order valence-corrected chi connectivity index (χ3v) is 3.27. The lowest BCUT2D eigenvalue weighted by Crippen LogP contribution is -2.01. The number of rotatable bonds is 4. The summed E-state index contributed by atoms with van der Waals surface area (Å²) in [6.07, 6.45) is -0.134. The fraction of sp³-hybridized carbons (Fsp3) is 0.182. The van der Waals surface area contributed by atoms with Gasteiger partial charge in [0.2, 0.25) is 11.0 Å². The van der Waals surface area contributed by atoms with Crippen LogP contribution in [0.1, 0.15) is 17.8 Å². The number of hydrogen-bond donors (Lipinski definition) is 0. The lowest BCUT2D eigenvalue weighted by Gasteiger charge is -2.03. The predicted molar refractivity (Wildman–Crippen MR) is 71.2 cm³/mol. The summed E-state index contributed by atoms with van der Waals surface area (Å²) < 4.78 is 39.9. The van der Waals surface area contributed by atoms with Crippen LogP contribution in [0.4, 0.5) is 13.2 Å². The minimum absolute atomic E-state index is 0.00939. The Morgan fingerprint density at radius 3 is 2.75 bits per heavy atom. The van der Waals surface area contributed by atoms with Gasteiger partial charge in [-0.3, -0.25) is 0 Å². The highest BCUT2D eigenvalue weighted by atomic mass is 35.5. The summed E-state index contributed by atoms with van der Waals surface area (Å²) in [5.41, 5.74) is 0.00939. The molecule has 0 N–H and O–H groups in total. The summed E-state index contributed by atoms with van der Waals surface area (Å²) in [5, 5.41) is 11.0. The van der Waals surface area contributed by atoms with Gasteiger partial charge in [0.25, 0.3) is 6.43 Å². The molecule has 0 unspecified atom stereocenters. The summed E-state index contributed by atoms with van der Waals surface area (Å²) in [7, 11) is 0. The monoisotopic (exact) mass is 320 g/mol. The van der Waals surface area contributed by atoms with Crippen LogP contribution in [0.25, 0.3) is 0 Å². The van der Waals surface area contributed by atoms with Crippen LogP contribution < -0.4 is 0 Å². The number of alkyl halides is 2. The van der Waals surface area contributed by atoms with Gasteiger partial charge in [-0.1, -0.05) is 29.4 Å². The molecule has 0 atom stereocenters. The van der Waals surface area contributed by atoms with Crippen LogP contribution >= 0.6 is 23.4 Å². The second-order valence-corrected chi connectivity index (χ2v) is 4.72. The largest absolute Gasteiger partial charge is 0.299 e. The molecule has 0 aliphatic heterocycles. The average molecular weight is 321 g/mol. The number of benzene rings is 1. The van der Waals surface area contributed by atoms with E-state index in [1.807, 2.05) is 0 Å². The normalized spacial score (nSPS) is 11.7. The number of aromatic nitrogens is 3. The number of nitrogens with zero attached hydrogens (tertiary/aromatic N) is 4. The molecule has 0 bridgehead atoms.